The summed E-state index contributed by atoms with van der Waals surface area (Å²) < 4.78 is 25.5. The minimum absolute atomic E-state index is 0.158. The van der Waals surface area contributed by atoms with E-state index in [1.165, 1.54) is 6.33 Å². The van der Waals surface area contributed by atoms with Crippen molar-refractivity contribution in [1.82, 2.24) is 9.97 Å². The van der Waals surface area contributed by atoms with Gasteiger partial charge >= 0.3 is 0 Å². The van der Waals surface area contributed by atoms with Crippen LogP contribution in [0.25, 0.3) is 0 Å². The van der Waals surface area contributed by atoms with E-state index >= 15 is 0 Å². The van der Waals surface area contributed by atoms with Gasteiger partial charge in [0, 0.05) is 12.0 Å². The SMILES string of the molecule is CCc1ncnc(NC2CCC(C(CF)CF)CC2)c1Cl. The van der Waals surface area contributed by atoms with Crippen molar-refractivity contribution in [3.8, 4) is 0 Å². The molecule has 1 N–H and O–H groups in total. The Kier molecular flexibility index (Phi) is 6.15. The molecule has 0 radical (unpaired) electrons. The first-order valence-electron chi connectivity index (χ1n) is 7.57. The molecule has 2 rings (SSSR count). The summed E-state index contributed by atoms with van der Waals surface area (Å²) in [6, 6.07) is 0.262. The second-order valence-electron chi connectivity index (χ2n) is 5.66. The molecule has 1 aliphatic rings. The predicted molar refractivity (Wildman–Crippen MR) is 81.2 cm³/mol. The lowest BCUT2D eigenvalue weighted by molar-refractivity contribution is 0.166. The number of aryl methyl sites for hydroxylation is 1. The summed E-state index contributed by atoms with van der Waals surface area (Å²) in [5.74, 6) is 0.393. The Hall–Kier alpha value is -0.970. The molecule has 21 heavy (non-hydrogen) atoms. The van der Waals surface area contributed by atoms with Gasteiger partial charge < -0.3 is 5.32 Å². The highest BCUT2D eigenvalue weighted by Crippen LogP contribution is 2.33. The maximum absolute atomic E-state index is 12.7. The lowest BCUT2D eigenvalue weighted by atomic mass is 9.79. The number of alkyl halides is 2. The van der Waals surface area contributed by atoms with Gasteiger partial charge in [-0.2, -0.15) is 0 Å². The van der Waals surface area contributed by atoms with Gasteiger partial charge in [-0.25, -0.2) is 9.97 Å². The molecule has 1 fully saturated rings. The summed E-state index contributed by atoms with van der Waals surface area (Å²) >= 11 is 6.27. The molecular weight excluding hydrogens is 296 g/mol. The molecule has 1 aromatic heterocycles. The number of aromatic nitrogens is 2. The fourth-order valence-corrected chi connectivity index (χ4v) is 3.26. The Labute approximate surface area is 129 Å². The van der Waals surface area contributed by atoms with E-state index in [0.29, 0.717) is 10.8 Å². The second-order valence-corrected chi connectivity index (χ2v) is 6.04. The van der Waals surface area contributed by atoms with Crippen molar-refractivity contribution in [2.75, 3.05) is 18.7 Å². The molecular formula is C15H22ClF2N3. The molecule has 0 atom stereocenters. The van der Waals surface area contributed by atoms with Gasteiger partial charge in [-0.1, -0.05) is 18.5 Å². The smallest absolute Gasteiger partial charge is 0.148 e. The first-order chi connectivity index (χ1) is 10.2. The summed E-state index contributed by atoms with van der Waals surface area (Å²) in [5.41, 5.74) is 0.831. The highest BCUT2D eigenvalue weighted by molar-refractivity contribution is 6.33. The van der Waals surface area contributed by atoms with Gasteiger partial charge in [-0.05, 0) is 38.0 Å². The highest BCUT2D eigenvalue weighted by atomic mass is 35.5. The lowest BCUT2D eigenvalue weighted by Gasteiger charge is -2.32. The standard InChI is InChI=1S/C15H22ClF2N3/c1-2-13-14(16)15(20-9-19-13)21-12-5-3-10(4-6-12)11(7-17)8-18/h9-12H,2-8H2,1H3,(H,19,20,21). The van der Waals surface area contributed by atoms with Gasteiger partial charge in [0.15, 0.2) is 0 Å². The first-order valence-corrected chi connectivity index (χ1v) is 7.95. The number of hydrogen-bond acceptors (Lipinski definition) is 3. The Morgan fingerprint density at radius 2 is 1.90 bits per heavy atom. The van der Waals surface area contributed by atoms with E-state index in [1.54, 1.807) is 0 Å². The number of anilines is 1. The zero-order chi connectivity index (χ0) is 15.2. The van der Waals surface area contributed by atoms with Crippen LogP contribution >= 0.6 is 11.6 Å². The summed E-state index contributed by atoms with van der Waals surface area (Å²) in [5, 5.41) is 3.93. The van der Waals surface area contributed by atoms with Crippen molar-refractivity contribution < 1.29 is 8.78 Å². The normalized spacial score (nSPS) is 22.5. The van der Waals surface area contributed by atoms with Crippen LogP contribution in [-0.2, 0) is 6.42 Å². The third-order valence-electron chi connectivity index (χ3n) is 4.37. The van der Waals surface area contributed by atoms with Crippen LogP contribution < -0.4 is 5.32 Å². The number of nitrogens with zero attached hydrogens (tertiary/aromatic N) is 2. The number of hydrogen-bond donors (Lipinski definition) is 1. The van der Waals surface area contributed by atoms with Gasteiger partial charge in [-0.3, -0.25) is 8.78 Å². The molecule has 1 saturated carbocycles. The van der Waals surface area contributed by atoms with Crippen molar-refractivity contribution in [1.29, 1.82) is 0 Å². The molecule has 0 saturated heterocycles. The number of halogens is 3. The van der Waals surface area contributed by atoms with Crippen LogP contribution in [0.1, 0.15) is 38.3 Å². The van der Waals surface area contributed by atoms with Crippen LogP contribution in [0.3, 0.4) is 0 Å². The molecule has 1 aromatic rings. The van der Waals surface area contributed by atoms with E-state index in [9.17, 15) is 8.78 Å². The number of nitrogens with one attached hydrogen (secondary N) is 1. The molecule has 3 nitrogen and oxygen atoms in total. The zero-order valence-electron chi connectivity index (χ0n) is 12.3. The molecule has 0 unspecified atom stereocenters. The third kappa shape index (κ3) is 4.02. The number of rotatable bonds is 6. The van der Waals surface area contributed by atoms with Crippen molar-refractivity contribution in [2.24, 2.45) is 11.8 Å². The molecule has 0 aromatic carbocycles. The van der Waals surface area contributed by atoms with Crippen LogP contribution in [0.4, 0.5) is 14.6 Å². The van der Waals surface area contributed by atoms with Crippen molar-refractivity contribution >= 4 is 17.4 Å². The maximum atomic E-state index is 12.7. The lowest BCUT2D eigenvalue weighted by Crippen LogP contribution is -2.31. The Morgan fingerprint density at radius 1 is 1.24 bits per heavy atom. The predicted octanol–water partition coefficient (Wildman–Crippen LogP) is 4.22. The highest BCUT2D eigenvalue weighted by Gasteiger charge is 2.28. The summed E-state index contributed by atoms with van der Waals surface area (Å²) in [6.07, 6.45) is 5.75. The van der Waals surface area contributed by atoms with E-state index in [2.05, 4.69) is 15.3 Å². The van der Waals surface area contributed by atoms with Gasteiger partial charge in [-0.15, -0.1) is 0 Å². The summed E-state index contributed by atoms with van der Waals surface area (Å²) in [7, 11) is 0. The Morgan fingerprint density at radius 3 is 2.48 bits per heavy atom. The molecule has 0 bridgehead atoms. The second kappa shape index (κ2) is 7.87. The molecule has 0 spiro atoms. The van der Waals surface area contributed by atoms with Crippen LogP contribution in [-0.4, -0.2) is 29.4 Å². The monoisotopic (exact) mass is 317 g/mol. The van der Waals surface area contributed by atoms with E-state index in [1.807, 2.05) is 6.92 Å². The van der Waals surface area contributed by atoms with Crippen LogP contribution in [0.5, 0.6) is 0 Å². The van der Waals surface area contributed by atoms with E-state index < -0.39 is 19.3 Å². The van der Waals surface area contributed by atoms with Crippen LogP contribution in [0.2, 0.25) is 5.02 Å². The van der Waals surface area contributed by atoms with Crippen molar-refractivity contribution in [2.45, 2.75) is 45.1 Å². The minimum atomic E-state index is -0.559. The molecule has 6 heteroatoms. The Bertz CT molecular complexity index is 447. The van der Waals surface area contributed by atoms with E-state index in [-0.39, 0.29) is 12.0 Å². The summed E-state index contributed by atoms with van der Waals surface area (Å²) in [4.78, 5) is 8.33. The van der Waals surface area contributed by atoms with Gasteiger partial charge in [0.1, 0.15) is 17.2 Å². The average Bonchev–Trinajstić information content (AvgIpc) is 2.52. The zero-order valence-corrected chi connectivity index (χ0v) is 13.0. The average molecular weight is 318 g/mol. The largest absolute Gasteiger partial charge is 0.366 e. The molecule has 0 amide bonds. The molecule has 0 aliphatic heterocycles. The van der Waals surface area contributed by atoms with E-state index in [0.717, 1.165) is 37.8 Å². The molecule has 118 valence electrons. The van der Waals surface area contributed by atoms with Crippen LogP contribution in [0, 0.1) is 11.8 Å². The van der Waals surface area contributed by atoms with Gasteiger partial charge in [0.05, 0.1) is 19.0 Å². The summed E-state index contributed by atoms with van der Waals surface area (Å²) in [6.45, 7) is 0.880. The minimum Gasteiger partial charge on any atom is -0.366 e. The quantitative estimate of drug-likeness (QED) is 0.853. The molecule has 1 heterocycles. The van der Waals surface area contributed by atoms with Crippen molar-refractivity contribution in [3.05, 3.63) is 17.0 Å². The fraction of sp³-hybridized carbons (Fsp3) is 0.733. The fourth-order valence-electron chi connectivity index (χ4n) is 2.97. The third-order valence-corrected chi connectivity index (χ3v) is 4.77. The van der Waals surface area contributed by atoms with Crippen molar-refractivity contribution in [3.63, 3.8) is 0 Å². The first kappa shape index (κ1) is 16.4. The molecule has 1 aliphatic carbocycles. The van der Waals surface area contributed by atoms with Crippen LogP contribution in [0.15, 0.2) is 6.33 Å². The topological polar surface area (TPSA) is 37.8 Å². The maximum Gasteiger partial charge on any atom is 0.148 e. The van der Waals surface area contributed by atoms with Gasteiger partial charge in [0.25, 0.3) is 0 Å². The van der Waals surface area contributed by atoms with E-state index in [4.69, 9.17) is 11.6 Å². The Balaban J connectivity index is 1.92. The van der Waals surface area contributed by atoms with Gasteiger partial charge in [0.2, 0.25) is 0 Å².